The zero-order valence-corrected chi connectivity index (χ0v) is 26.1. The molecule has 9 atom stereocenters. The van der Waals surface area contributed by atoms with Crippen molar-refractivity contribution in [1.82, 2.24) is 0 Å². The van der Waals surface area contributed by atoms with Crippen LogP contribution < -0.4 is 0 Å². The quantitative estimate of drug-likeness (QED) is 0.256. The molecule has 4 nitrogen and oxygen atoms in total. The van der Waals surface area contributed by atoms with Crippen LogP contribution in [0, 0.1) is 51.2 Å². The van der Waals surface area contributed by atoms with Crippen molar-refractivity contribution in [2.75, 3.05) is 0 Å². The molecule has 38 heavy (non-hydrogen) atoms. The number of ether oxygens (including phenoxy) is 2. The lowest BCUT2D eigenvalue weighted by Crippen LogP contribution is -2.62. The average molecular weight is 529 g/mol. The van der Waals surface area contributed by atoms with Gasteiger partial charge in [0, 0.05) is 19.3 Å². The van der Waals surface area contributed by atoms with Crippen molar-refractivity contribution in [3.05, 3.63) is 12.2 Å². The molecule has 0 aromatic carbocycles. The summed E-state index contributed by atoms with van der Waals surface area (Å²) < 4.78 is 11.4. The number of allylic oxidation sites excluding steroid dienone is 1. The number of esters is 2. The highest BCUT2D eigenvalue weighted by Gasteiger charge is 2.67. The van der Waals surface area contributed by atoms with Crippen molar-refractivity contribution in [3.8, 4) is 0 Å². The molecule has 0 saturated heterocycles. The molecule has 4 fully saturated rings. The molecule has 0 amide bonds. The van der Waals surface area contributed by atoms with Crippen LogP contribution in [0.2, 0.25) is 0 Å². The van der Waals surface area contributed by atoms with Crippen LogP contribution in [0.25, 0.3) is 0 Å². The Labute approximate surface area is 233 Å². The van der Waals surface area contributed by atoms with E-state index in [1.165, 1.54) is 51.9 Å². The van der Waals surface area contributed by atoms with Crippen molar-refractivity contribution in [2.45, 2.75) is 139 Å². The minimum Gasteiger partial charge on any atom is -0.462 e. The first-order valence-electron chi connectivity index (χ1n) is 15.5. The van der Waals surface area contributed by atoms with Gasteiger partial charge in [0.2, 0.25) is 0 Å². The van der Waals surface area contributed by atoms with E-state index in [4.69, 9.17) is 9.47 Å². The molecule has 4 aliphatic rings. The summed E-state index contributed by atoms with van der Waals surface area (Å²) in [6.45, 7) is 22.1. The Balaban J connectivity index is 1.51. The van der Waals surface area contributed by atoms with E-state index < -0.39 is 5.60 Å². The van der Waals surface area contributed by atoms with Gasteiger partial charge in [0.05, 0.1) is 0 Å². The number of fused-ring (bicyclic) bond motifs is 5. The van der Waals surface area contributed by atoms with E-state index in [1.54, 1.807) is 6.92 Å². The van der Waals surface area contributed by atoms with Gasteiger partial charge in [0.15, 0.2) is 0 Å². The molecule has 4 heteroatoms. The summed E-state index contributed by atoms with van der Waals surface area (Å²) in [5, 5.41) is 0. The molecule has 0 aromatic heterocycles. The molecule has 0 aromatic rings. The summed E-state index contributed by atoms with van der Waals surface area (Å²) in [5.74, 6) is 3.18. The first kappa shape index (κ1) is 29.7. The predicted octanol–water partition coefficient (Wildman–Crippen LogP) is 8.53. The Bertz CT molecular complexity index is 948. The highest BCUT2D eigenvalue weighted by atomic mass is 16.6. The maximum atomic E-state index is 11.9. The molecule has 0 radical (unpaired) electrons. The lowest BCUT2D eigenvalue weighted by Gasteiger charge is -2.67. The molecule has 0 heterocycles. The van der Waals surface area contributed by atoms with E-state index in [0.717, 1.165) is 30.6 Å². The lowest BCUT2D eigenvalue weighted by atomic mass is 9.38. The highest BCUT2D eigenvalue weighted by Crippen LogP contribution is 2.74. The summed E-state index contributed by atoms with van der Waals surface area (Å²) in [7, 11) is 0. The van der Waals surface area contributed by atoms with Gasteiger partial charge in [-0.3, -0.25) is 9.59 Å². The van der Waals surface area contributed by atoms with Gasteiger partial charge in [-0.05, 0) is 124 Å². The summed E-state index contributed by atoms with van der Waals surface area (Å²) in [4.78, 5) is 23.3. The molecule has 9 unspecified atom stereocenters. The first-order chi connectivity index (χ1) is 17.5. The smallest absolute Gasteiger partial charge is 0.303 e. The van der Waals surface area contributed by atoms with Crippen molar-refractivity contribution in [2.24, 2.45) is 51.2 Å². The number of carbonyl (C=O) groups excluding carboxylic acids is 2. The van der Waals surface area contributed by atoms with Crippen LogP contribution in [0.5, 0.6) is 0 Å². The van der Waals surface area contributed by atoms with Crippen LogP contribution in [0.3, 0.4) is 0 Å². The second-order valence-electron chi connectivity index (χ2n) is 15.6. The van der Waals surface area contributed by atoms with Crippen LogP contribution in [0.4, 0.5) is 0 Å². The van der Waals surface area contributed by atoms with Crippen molar-refractivity contribution < 1.29 is 19.1 Å². The normalized spacial score (nSPS) is 43.1. The van der Waals surface area contributed by atoms with Gasteiger partial charge in [-0.25, -0.2) is 0 Å². The van der Waals surface area contributed by atoms with E-state index in [-0.39, 0.29) is 23.5 Å². The number of rotatable bonds is 6. The van der Waals surface area contributed by atoms with Crippen molar-refractivity contribution in [1.29, 1.82) is 0 Å². The molecule has 0 aliphatic heterocycles. The van der Waals surface area contributed by atoms with E-state index in [1.807, 2.05) is 13.8 Å². The molecule has 4 saturated carbocycles. The largest absolute Gasteiger partial charge is 0.462 e. The maximum absolute atomic E-state index is 11.9. The summed E-state index contributed by atoms with van der Waals surface area (Å²) in [6.07, 6.45) is 15.6. The molecule has 0 spiro atoms. The van der Waals surface area contributed by atoms with Gasteiger partial charge in [-0.1, -0.05) is 47.6 Å². The first-order valence-corrected chi connectivity index (χ1v) is 15.5. The van der Waals surface area contributed by atoms with E-state index >= 15 is 0 Å². The third kappa shape index (κ3) is 4.78. The SMILES string of the molecule is CC(=O)OC1CCC2(C)C3CCC4(C)C(C(C)CC=CC(C)(C)OC(C)=O)CCC4(C)C3CCC2C1(C)C. The fourth-order valence-electron chi connectivity index (χ4n) is 11.0. The van der Waals surface area contributed by atoms with Crippen LogP contribution >= 0.6 is 0 Å². The second-order valence-corrected chi connectivity index (χ2v) is 15.6. The third-order valence-electron chi connectivity index (χ3n) is 12.9. The molecular weight excluding hydrogens is 472 g/mol. The molecule has 216 valence electrons. The predicted molar refractivity (Wildman–Crippen MR) is 153 cm³/mol. The fraction of sp³-hybridized carbons (Fsp3) is 0.882. The molecule has 4 rings (SSSR count). The Morgan fingerprint density at radius 2 is 1.53 bits per heavy atom. The van der Waals surface area contributed by atoms with Gasteiger partial charge in [0.1, 0.15) is 11.7 Å². The number of hydrogen-bond acceptors (Lipinski definition) is 4. The van der Waals surface area contributed by atoms with Gasteiger partial charge >= 0.3 is 11.9 Å². The Hall–Kier alpha value is -1.32. The molecule has 0 bridgehead atoms. The van der Waals surface area contributed by atoms with E-state index in [2.05, 4.69) is 53.7 Å². The summed E-state index contributed by atoms with van der Waals surface area (Å²) >= 11 is 0. The second kappa shape index (κ2) is 9.95. The minimum atomic E-state index is -0.548. The standard InChI is InChI=1S/C34H56O4/c1-22(12-11-18-30(4,5)38-24(3)36)25-15-20-34(10)27-13-14-28-31(6,7)29(37-23(2)35)17-19-32(28,8)26(27)16-21-33(25,34)9/h11,18,22,25-29H,12-17,19-21H2,1-10H3. The van der Waals surface area contributed by atoms with E-state index in [0.29, 0.717) is 28.1 Å². The highest BCUT2D eigenvalue weighted by molar-refractivity contribution is 5.66. The van der Waals surface area contributed by atoms with Gasteiger partial charge in [-0.2, -0.15) is 0 Å². The monoisotopic (exact) mass is 528 g/mol. The average Bonchev–Trinajstić information content (AvgIpc) is 3.06. The zero-order valence-electron chi connectivity index (χ0n) is 26.1. The lowest BCUT2D eigenvalue weighted by molar-refractivity contribution is -0.209. The Kier molecular flexibility index (Phi) is 7.76. The number of carbonyl (C=O) groups is 2. The topological polar surface area (TPSA) is 52.6 Å². The molecule has 0 N–H and O–H groups in total. The fourth-order valence-corrected chi connectivity index (χ4v) is 11.0. The van der Waals surface area contributed by atoms with Gasteiger partial charge in [0.25, 0.3) is 0 Å². The van der Waals surface area contributed by atoms with Crippen molar-refractivity contribution >= 4 is 11.9 Å². The summed E-state index contributed by atoms with van der Waals surface area (Å²) in [5.41, 5.74) is 0.585. The summed E-state index contributed by atoms with van der Waals surface area (Å²) in [6, 6.07) is 0. The van der Waals surface area contributed by atoms with Crippen LogP contribution in [-0.2, 0) is 19.1 Å². The van der Waals surface area contributed by atoms with Gasteiger partial charge in [-0.15, -0.1) is 0 Å². The molecule has 4 aliphatic carbocycles. The van der Waals surface area contributed by atoms with E-state index in [9.17, 15) is 9.59 Å². The molecular formula is C34H56O4. The third-order valence-corrected chi connectivity index (χ3v) is 12.9. The Morgan fingerprint density at radius 1 is 0.868 bits per heavy atom. The maximum Gasteiger partial charge on any atom is 0.303 e. The Morgan fingerprint density at radius 3 is 2.16 bits per heavy atom. The zero-order chi connectivity index (χ0) is 28.3. The van der Waals surface area contributed by atoms with Crippen LogP contribution in [0.15, 0.2) is 12.2 Å². The van der Waals surface area contributed by atoms with Crippen molar-refractivity contribution in [3.63, 3.8) is 0 Å². The van der Waals surface area contributed by atoms with Crippen LogP contribution in [0.1, 0.15) is 127 Å². The minimum absolute atomic E-state index is 0.0320. The van der Waals surface area contributed by atoms with Gasteiger partial charge < -0.3 is 9.47 Å². The number of hydrogen-bond donors (Lipinski definition) is 0. The van der Waals surface area contributed by atoms with Crippen LogP contribution in [-0.4, -0.2) is 23.6 Å².